The van der Waals surface area contributed by atoms with Crippen LogP contribution in [0.25, 0.3) is 0 Å². The summed E-state index contributed by atoms with van der Waals surface area (Å²) < 4.78 is 5.46. The van der Waals surface area contributed by atoms with Gasteiger partial charge in [-0.2, -0.15) is 0 Å². The summed E-state index contributed by atoms with van der Waals surface area (Å²) >= 11 is 1.45. The van der Waals surface area contributed by atoms with Crippen molar-refractivity contribution < 1.29 is 9.53 Å². The van der Waals surface area contributed by atoms with Gasteiger partial charge >= 0.3 is 0 Å². The van der Waals surface area contributed by atoms with E-state index in [0.29, 0.717) is 12.5 Å². The highest BCUT2D eigenvalue weighted by Crippen LogP contribution is 2.08. The molecule has 16 heavy (non-hydrogen) atoms. The molecule has 0 aliphatic rings. The molecular formula is C12H19NO2S. The minimum atomic E-state index is -0.0179. The molecule has 0 fully saturated rings. The number of carbonyl (C=O) groups excluding carboxylic acids is 1. The van der Waals surface area contributed by atoms with Gasteiger partial charge in [0.1, 0.15) is 0 Å². The second-order valence-electron chi connectivity index (χ2n) is 4.28. The molecule has 0 aliphatic heterocycles. The minimum absolute atomic E-state index is 0.0179. The van der Waals surface area contributed by atoms with E-state index >= 15 is 0 Å². The summed E-state index contributed by atoms with van der Waals surface area (Å²) in [5, 5.41) is 4.80. The second kappa shape index (κ2) is 6.66. The maximum atomic E-state index is 11.7. The molecule has 3 nitrogen and oxygen atoms in total. The average Bonchev–Trinajstić information content (AvgIpc) is 2.69. The van der Waals surface area contributed by atoms with Gasteiger partial charge in [0.25, 0.3) is 5.91 Å². The Morgan fingerprint density at radius 3 is 2.75 bits per heavy atom. The molecule has 0 unspecified atom stereocenters. The summed E-state index contributed by atoms with van der Waals surface area (Å²) in [6.45, 7) is 7.46. The molecule has 0 spiro atoms. The molecule has 0 radical (unpaired) electrons. The highest BCUT2D eigenvalue weighted by Gasteiger charge is 2.10. The first-order chi connectivity index (χ1) is 7.59. The van der Waals surface area contributed by atoms with E-state index in [9.17, 15) is 4.79 Å². The van der Waals surface area contributed by atoms with Crippen molar-refractivity contribution in [3.8, 4) is 0 Å². The predicted octanol–water partition coefficient (Wildman–Crippen LogP) is 2.54. The van der Waals surface area contributed by atoms with Gasteiger partial charge in [0.05, 0.1) is 11.5 Å². The first kappa shape index (κ1) is 13.2. The fourth-order valence-electron chi connectivity index (χ4n) is 1.22. The van der Waals surface area contributed by atoms with Crippen LogP contribution in [0.2, 0.25) is 0 Å². The lowest BCUT2D eigenvalue weighted by atomic mass is 10.2. The van der Waals surface area contributed by atoms with Gasteiger partial charge in [-0.3, -0.25) is 4.79 Å². The highest BCUT2D eigenvalue weighted by molar-refractivity contribution is 7.12. The van der Waals surface area contributed by atoms with Crippen molar-refractivity contribution in [3.05, 3.63) is 22.4 Å². The fourth-order valence-corrected chi connectivity index (χ4v) is 1.85. The number of hydrogen-bond donors (Lipinski definition) is 1. The minimum Gasteiger partial charge on any atom is -0.379 e. The first-order valence-electron chi connectivity index (χ1n) is 5.51. The largest absolute Gasteiger partial charge is 0.379 e. The number of nitrogens with one attached hydrogen (secondary N) is 1. The molecule has 4 heteroatoms. The van der Waals surface area contributed by atoms with E-state index in [1.807, 2.05) is 24.4 Å². The summed E-state index contributed by atoms with van der Waals surface area (Å²) in [5.74, 6) is 0.510. The third kappa shape index (κ3) is 4.77. The van der Waals surface area contributed by atoms with E-state index in [2.05, 4.69) is 19.2 Å². The number of hydrogen-bond acceptors (Lipinski definition) is 3. The Hall–Kier alpha value is -0.870. The summed E-state index contributed by atoms with van der Waals surface area (Å²) in [6.07, 6.45) is 0. The van der Waals surface area contributed by atoms with Crippen molar-refractivity contribution in [2.24, 2.45) is 5.92 Å². The third-order valence-electron chi connectivity index (χ3n) is 1.94. The van der Waals surface area contributed by atoms with Gasteiger partial charge in [-0.15, -0.1) is 11.3 Å². The Morgan fingerprint density at radius 1 is 1.44 bits per heavy atom. The molecule has 0 saturated carbocycles. The topological polar surface area (TPSA) is 38.3 Å². The molecule has 1 aromatic heterocycles. The van der Waals surface area contributed by atoms with Gasteiger partial charge in [0.15, 0.2) is 0 Å². The van der Waals surface area contributed by atoms with E-state index in [4.69, 9.17) is 4.74 Å². The Bertz CT molecular complexity index is 309. The van der Waals surface area contributed by atoms with Crippen molar-refractivity contribution in [3.63, 3.8) is 0 Å². The van der Waals surface area contributed by atoms with Crippen LogP contribution in [-0.2, 0) is 4.74 Å². The highest BCUT2D eigenvalue weighted by atomic mass is 32.1. The molecule has 1 aromatic rings. The van der Waals surface area contributed by atoms with Gasteiger partial charge in [0.2, 0.25) is 0 Å². The average molecular weight is 241 g/mol. The van der Waals surface area contributed by atoms with Crippen LogP contribution < -0.4 is 5.32 Å². The number of thiophene rings is 1. The zero-order valence-corrected chi connectivity index (χ0v) is 10.8. The predicted molar refractivity (Wildman–Crippen MR) is 66.9 cm³/mol. The van der Waals surface area contributed by atoms with Crippen LogP contribution in [0.5, 0.6) is 0 Å². The summed E-state index contributed by atoms with van der Waals surface area (Å²) in [6, 6.07) is 3.75. The van der Waals surface area contributed by atoms with Gasteiger partial charge in [-0.1, -0.05) is 19.9 Å². The maximum Gasteiger partial charge on any atom is 0.261 e. The molecule has 0 saturated heterocycles. The summed E-state index contributed by atoms with van der Waals surface area (Å²) in [4.78, 5) is 12.4. The molecule has 1 atom stereocenters. The number of rotatable bonds is 6. The van der Waals surface area contributed by atoms with E-state index in [1.165, 1.54) is 11.3 Å². The zero-order chi connectivity index (χ0) is 12.0. The quantitative estimate of drug-likeness (QED) is 0.831. The van der Waals surface area contributed by atoms with Gasteiger partial charge in [-0.25, -0.2) is 0 Å². The van der Waals surface area contributed by atoms with Crippen LogP contribution in [-0.4, -0.2) is 25.2 Å². The van der Waals surface area contributed by atoms with E-state index in [0.717, 1.165) is 11.5 Å². The van der Waals surface area contributed by atoms with E-state index in [1.54, 1.807) is 0 Å². The zero-order valence-electron chi connectivity index (χ0n) is 10.0. The SMILES string of the molecule is CC(C)COC[C@H](C)NC(=O)c1cccs1. The third-order valence-corrected chi connectivity index (χ3v) is 2.81. The lowest BCUT2D eigenvalue weighted by Crippen LogP contribution is -2.35. The molecule has 1 amide bonds. The van der Waals surface area contributed by atoms with E-state index < -0.39 is 0 Å². The smallest absolute Gasteiger partial charge is 0.261 e. The molecule has 0 aromatic carbocycles. The molecular weight excluding hydrogens is 222 g/mol. The molecule has 0 bridgehead atoms. The second-order valence-corrected chi connectivity index (χ2v) is 5.23. The van der Waals surface area contributed by atoms with E-state index in [-0.39, 0.29) is 11.9 Å². The van der Waals surface area contributed by atoms with Crippen LogP contribution >= 0.6 is 11.3 Å². The van der Waals surface area contributed by atoms with Crippen molar-refractivity contribution >= 4 is 17.2 Å². The summed E-state index contributed by atoms with van der Waals surface area (Å²) in [5.41, 5.74) is 0. The Balaban J connectivity index is 2.24. The summed E-state index contributed by atoms with van der Waals surface area (Å²) in [7, 11) is 0. The lowest BCUT2D eigenvalue weighted by Gasteiger charge is -2.14. The molecule has 90 valence electrons. The fraction of sp³-hybridized carbons (Fsp3) is 0.583. The Labute approximate surface area is 101 Å². The molecule has 1 N–H and O–H groups in total. The standard InChI is InChI=1S/C12H19NO2S/c1-9(2)7-15-8-10(3)13-12(14)11-5-4-6-16-11/h4-6,9-10H,7-8H2,1-3H3,(H,13,14)/t10-/m0/s1. The number of ether oxygens (including phenoxy) is 1. The van der Waals surface area contributed by atoms with Crippen molar-refractivity contribution in [2.75, 3.05) is 13.2 Å². The van der Waals surface area contributed by atoms with Crippen molar-refractivity contribution in [2.45, 2.75) is 26.8 Å². The number of carbonyl (C=O) groups is 1. The van der Waals surface area contributed by atoms with Crippen molar-refractivity contribution in [1.29, 1.82) is 0 Å². The van der Waals surface area contributed by atoms with Crippen LogP contribution in [0.1, 0.15) is 30.4 Å². The van der Waals surface area contributed by atoms with Gasteiger partial charge in [-0.05, 0) is 24.3 Å². The normalized spacial score (nSPS) is 12.8. The van der Waals surface area contributed by atoms with Gasteiger partial charge < -0.3 is 10.1 Å². The molecule has 1 rings (SSSR count). The van der Waals surface area contributed by atoms with Crippen LogP contribution in [0.3, 0.4) is 0 Å². The van der Waals surface area contributed by atoms with Crippen LogP contribution in [0.4, 0.5) is 0 Å². The van der Waals surface area contributed by atoms with Gasteiger partial charge in [0, 0.05) is 12.6 Å². The van der Waals surface area contributed by atoms with Crippen LogP contribution in [0.15, 0.2) is 17.5 Å². The maximum absolute atomic E-state index is 11.7. The first-order valence-corrected chi connectivity index (χ1v) is 6.39. The monoisotopic (exact) mass is 241 g/mol. The number of amides is 1. The Kier molecular flexibility index (Phi) is 5.49. The Morgan fingerprint density at radius 2 is 2.19 bits per heavy atom. The lowest BCUT2D eigenvalue weighted by molar-refractivity contribution is 0.0794. The molecule has 1 heterocycles. The molecule has 0 aliphatic carbocycles. The van der Waals surface area contributed by atoms with Crippen LogP contribution in [0, 0.1) is 5.92 Å². The van der Waals surface area contributed by atoms with Crippen molar-refractivity contribution in [1.82, 2.24) is 5.32 Å².